The third-order valence-electron chi connectivity index (χ3n) is 8.99. The Balaban J connectivity index is 1.52. The molecule has 1 saturated heterocycles. The largest absolute Gasteiger partial charge is 0.302 e. The normalized spacial score (nSPS) is 33.1. The van der Waals surface area contributed by atoms with Gasteiger partial charge in [-0.2, -0.15) is 0 Å². The number of hydrogen-bond acceptors (Lipinski definition) is 2. The minimum atomic E-state index is 0.170. The minimum Gasteiger partial charge on any atom is -0.302 e. The molecular formula is C26H39NO. The van der Waals surface area contributed by atoms with E-state index in [9.17, 15) is 4.79 Å². The molecule has 0 aromatic heterocycles. The molecule has 1 saturated carbocycles. The fourth-order valence-electron chi connectivity index (χ4n) is 6.74. The summed E-state index contributed by atoms with van der Waals surface area (Å²) in [6.45, 7) is 8.37. The second kappa shape index (κ2) is 7.59. The van der Waals surface area contributed by atoms with Crippen LogP contribution in [0.3, 0.4) is 0 Å². The van der Waals surface area contributed by atoms with E-state index in [1.807, 2.05) is 0 Å². The van der Waals surface area contributed by atoms with Crippen LogP contribution in [0.4, 0.5) is 0 Å². The highest BCUT2D eigenvalue weighted by molar-refractivity contribution is 5.78. The van der Waals surface area contributed by atoms with E-state index in [2.05, 4.69) is 50.9 Å². The van der Waals surface area contributed by atoms with Gasteiger partial charge in [0, 0.05) is 24.3 Å². The molecule has 1 aromatic carbocycles. The molecule has 4 rings (SSSR count). The molecule has 154 valence electrons. The summed E-state index contributed by atoms with van der Waals surface area (Å²) >= 11 is 0. The van der Waals surface area contributed by atoms with E-state index in [1.54, 1.807) is 5.56 Å². The first-order valence-corrected chi connectivity index (χ1v) is 11.7. The third kappa shape index (κ3) is 3.36. The third-order valence-corrected chi connectivity index (χ3v) is 8.99. The number of likely N-dealkylation sites (N-methyl/N-ethyl adjacent to an activating group) is 1. The number of fused-ring (bicyclic) bond motifs is 4. The summed E-state index contributed by atoms with van der Waals surface area (Å²) in [4.78, 5) is 15.4. The molecule has 2 heteroatoms. The maximum absolute atomic E-state index is 12.8. The molecule has 1 aromatic rings. The van der Waals surface area contributed by atoms with Gasteiger partial charge in [-0.05, 0) is 68.7 Å². The Hall–Kier alpha value is -1.15. The molecule has 0 spiro atoms. The summed E-state index contributed by atoms with van der Waals surface area (Å²) in [5.74, 6) is 1.33. The quantitative estimate of drug-likeness (QED) is 0.617. The summed E-state index contributed by atoms with van der Waals surface area (Å²) in [6, 6.07) is 7.62. The van der Waals surface area contributed by atoms with Gasteiger partial charge in [0.2, 0.25) is 0 Å². The SMILES string of the molecule is Cc1ccc2c(c1)[C@@]1(C)CCN(C)C(C2)[C@@]1(C)CCC(=O)CCC1CCCC1. The van der Waals surface area contributed by atoms with Gasteiger partial charge in [-0.15, -0.1) is 0 Å². The first-order chi connectivity index (χ1) is 13.3. The van der Waals surface area contributed by atoms with Crippen molar-refractivity contribution in [2.75, 3.05) is 13.6 Å². The van der Waals surface area contributed by atoms with Gasteiger partial charge in [0.05, 0.1) is 0 Å². The van der Waals surface area contributed by atoms with E-state index < -0.39 is 0 Å². The van der Waals surface area contributed by atoms with Crippen LogP contribution in [0.2, 0.25) is 0 Å². The van der Waals surface area contributed by atoms with Crippen LogP contribution in [0.5, 0.6) is 0 Å². The van der Waals surface area contributed by atoms with Crippen LogP contribution in [0.1, 0.15) is 88.3 Å². The molecule has 0 N–H and O–H groups in total. The van der Waals surface area contributed by atoms with Gasteiger partial charge in [0.25, 0.3) is 0 Å². The molecule has 1 heterocycles. The Morgan fingerprint density at radius 3 is 2.68 bits per heavy atom. The lowest BCUT2D eigenvalue weighted by molar-refractivity contribution is -0.121. The summed E-state index contributed by atoms with van der Waals surface area (Å²) < 4.78 is 0. The van der Waals surface area contributed by atoms with Gasteiger partial charge in [-0.25, -0.2) is 0 Å². The van der Waals surface area contributed by atoms with Gasteiger partial charge in [-0.3, -0.25) is 4.79 Å². The number of likely N-dealkylation sites (tertiary alicyclic amines) is 1. The molecular weight excluding hydrogens is 342 g/mol. The maximum Gasteiger partial charge on any atom is 0.132 e. The van der Waals surface area contributed by atoms with Crippen LogP contribution in [-0.2, 0) is 16.6 Å². The van der Waals surface area contributed by atoms with Gasteiger partial charge in [-0.1, -0.05) is 63.3 Å². The van der Waals surface area contributed by atoms with E-state index in [-0.39, 0.29) is 10.8 Å². The van der Waals surface area contributed by atoms with E-state index >= 15 is 0 Å². The molecule has 2 bridgehead atoms. The summed E-state index contributed by atoms with van der Waals surface area (Å²) in [6.07, 6.45) is 11.5. The highest BCUT2D eigenvalue weighted by Crippen LogP contribution is 2.58. The number of benzene rings is 1. The van der Waals surface area contributed by atoms with Crippen molar-refractivity contribution in [3.63, 3.8) is 0 Å². The van der Waals surface area contributed by atoms with Crippen LogP contribution in [-0.4, -0.2) is 30.3 Å². The molecule has 3 aliphatic rings. The fourth-order valence-corrected chi connectivity index (χ4v) is 6.74. The zero-order valence-corrected chi connectivity index (χ0v) is 18.5. The standard InChI is InChI=1S/C26H39NO/c1-19-9-11-21-18-24-26(3,25(2,23(21)17-19)15-16-27(24)4)14-13-22(28)12-10-20-7-5-6-8-20/h9,11,17,20,24H,5-8,10,12-16,18H2,1-4H3/t24?,25-,26-/m1/s1. The van der Waals surface area contributed by atoms with E-state index in [1.165, 1.54) is 49.8 Å². The number of nitrogens with zero attached hydrogens (tertiary/aromatic N) is 1. The zero-order chi connectivity index (χ0) is 19.9. The van der Waals surface area contributed by atoms with Crippen LogP contribution >= 0.6 is 0 Å². The Morgan fingerprint density at radius 2 is 1.93 bits per heavy atom. The predicted molar refractivity (Wildman–Crippen MR) is 117 cm³/mol. The number of carbonyl (C=O) groups excluding carboxylic acids is 1. The average molecular weight is 382 g/mol. The summed E-state index contributed by atoms with van der Waals surface area (Å²) in [5.41, 5.74) is 4.82. The van der Waals surface area contributed by atoms with Crippen LogP contribution in [0.15, 0.2) is 18.2 Å². The number of aryl methyl sites for hydroxylation is 1. The Bertz CT molecular complexity index is 734. The Labute approximate surface area is 172 Å². The van der Waals surface area contributed by atoms with Crippen molar-refractivity contribution in [2.45, 2.75) is 96.4 Å². The Morgan fingerprint density at radius 1 is 1.18 bits per heavy atom. The van der Waals surface area contributed by atoms with Gasteiger partial charge >= 0.3 is 0 Å². The lowest BCUT2D eigenvalue weighted by Crippen LogP contribution is -2.64. The minimum absolute atomic E-state index is 0.170. The van der Waals surface area contributed by atoms with Crippen molar-refractivity contribution < 1.29 is 4.79 Å². The van der Waals surface area contributed by atoms with Crippen LogP contribution < -0.4 is 0 Å². The van der Waals surface area contributed by atoms with Crippen molar-refractivity contribution in [1.29, 1.82) is 0 Å². The smallest absolute Gasteiger partial charge is 0.132 e. The van der Waals surface area contributed by atoms with Gasteiger partial charge in [0.15, 0.2) is 0 Å². The number of rotatable bonds is 6. The molecule has 2 fully saturated rings. The zero-order valence-electron chi connectivity index (χ0n) is 18.5. The first-order valence-electron chi connectivity index (χ1n) is 11.7. The fraction of sp³-hybridized carbons (Fsp3) is 0.731. The van der Waals surface area contributed by atoms with Crippen molar-refractivity contribution in [2.24, 2.45) is 11.3 Å². The van der Waals surface area contributed by atoms with Crippen molar-refractivity contribution >= 4 is 5.78 Å². The lowest BCUT2D eigenvalue weighted by atomic mass is 9.48. The van der Waals surface area contributed by atoms with Crippen LogP contribution in [0.25, 0.3) is 0 Å². The number of hydrogen-bond donors (Lipinski definition) is 0. The molecule has 0 amide bonds. The van der Waals surface area contributed by atoms with Crippen molar-refractivity contribution in [1.82, 2.24) is 4.90 Å². The van der Waals surface area contributed by atoms with E-state index in [0.717, 1.165) is 38.0 Å². The number of carbonyl (C=O) groups is 1. The first kappa shape index (κ1) is 20.1. The number of piperidine rings is 1. The molecule has 1 unspecified atom stereocenters. The summed E-state index contributed by atoms with van der Waals surface area (Å²) in [7, 11) is 2.30. The predicted octanol–water partition coefficient (Wildman–Crippen LogP) is 5.84. The van der Waals surface area contributed by atoms with Crippen molar-refractivity contribution in [3.05, 3.63) is 34.9 Å². The maximum atomic E-state index is 12.8. The molecule has 1 aliphatic heterocycles. The second-order valence-electron chi connectivity index (χ2n) is 10.6. The van der Waals surface area contributed by atoms with Gasteiger partial charge in [0.1, 0.15) is 5.78 Å². The highest BCUT2D eigenvalue weighted by atomic mass is 16.1. The topological polar surface area (TPSA) is 20.3 Å². The monoisotopic (exact) mass is 381 g/mol. The molecule has 2 aliphatic carbocycles. The summed E-state index contributed by atoms with van der Waals surface area (Å²) in [5, 5.41) is 0. The molecule has 0 radical (unpaired) electrons. The number of Topliss-reactive ketones (excluding diaryl/α,β-unsaturated/α-hetero) is 1. The lowest BCUT2D eigenvalue weighted by Gasteiger charge is -2.62. The van der Waals surface area contributed by atoms with Crippen LogP contribution in [0, 0.1) is 18.3 Å². The van der Waals surface area contributed by atoms with E-state index in [4.69, 9.17) is 0 Å². The van der Waals surface area contributed by atoms with Gasteiger partial charge < -0.3 is 4.90 Å². The van der Waals surface area contributed by atoms with Crippen molar-refractivity contribution in [3.8, 4) is 0 Å². The molecule has 28 heavy (non-hydrogen) atoms. The average Bonchev–Trinajstić information content (AvgIpc) is 3.19. The molecule has 2 nitrogen and oxygen atoms in total. The number of ketones is 1. The van der Waals surface area contributed by atoms with E-state index in [0.29, 0.717) is 11.8 Å². The second-order valence-corrected chi connectivity index (χ2v) is 10.6. The Kier molecular flexibility index (Phi) is 5.46. The highest BCUT2D eigenvalue weighted by Gasteiger charge is 2.57. The molecule has 3 atom stereocenters.